The predicted octanol–water partition coefficient (Wildman–Crippen LogP) is 1.78. The van der Waals surface area contributed by atoms with Gasteiger partial charge in [-0.15, -0.1) is 15.3 Å². The zero-order valence-electron chi connectivity index (χ0n) is 13.7. The molecule has 7 nitrogen and oxygen atoms in total. The van der Waals surface area contributed by atoms with Gasteiger partial charge in [0.05, 0.1) is 17.4 Å². The molecule has 3 heterocycles. The van der Waals surface area contributed by atoms with Crippen molar-refractivity contribution in [3.05, 3.63) is 23.0 Å². The topological polar surface area (TPSA) is 73.5 Å². The summed E-state index contributed by atoms with van der Waals surface area (Å²) in [4.78, 5) is 0. The summed E-state index contributed by atoms with van der Waals surface area (Å²) < 4.78 is 4.24. The molecule has 0 radical (unpaired) electrons. The van der Waals surface area contributed by atoms with E-state index in [1.54, 1.807) is 0 Å². The van der Waals surface area contributed by atoms with E-state index in [1.165, 1.54) is 19.3 Å². The number of hydrogen-bond acceptors (Lipinski definition) is 5. The fraction of sp³-hybridized carbons (Fsp3) is 0.733. The van der Waals surface area contributed by atoms with E-state index in [-0.39, 0.29) is 6.04 Å². The van der Waals surface area contributed by atoms with E-state index in [0.717, 1.165) is 49.1 Å². The third kappa shape index (κ3) is 2.90. The summed E-state index contributed by atoms with van der Waals surface area (Å²) in [6.45, 7) is 8.86. The molecule has 3 rings (SSSR count). The molecule has 0 unspecified atom stereocenters. The van der Waals surface area contributed by atoms with Crippen LogP contribution >= 0.6 is 0 Å². The van der Waals surface area contributed by atoms with Crippen molar-refractivity contribution >= 4 is 0 Å². The molecule has 0 saturated carbocycles. The van der Waals surface area contributed by atoms with Crippen molar-refractivity contribution < 1.29 is 0 Å². The third-order valence-electron chi connectivity index (χ3n) is 4.43. The van der Waals surface area contributed by atoms with Crippen LogP contribution in [-0.2, 0) is 26.1 Å². The minimum atomic E-state index is 0.166. The fourth-order valence-electron chi connectivity index (χ4n) is 3.06. The number of nitrogens with one attached hydrogen (secondary N) is 1. The number of aromatic nitrogens is 6. The highest BCUT2D eigenvalue weighted by Crippen LogP contribution is 2.19. The Morgan fingerprint density at radius 2 is 2.05 bits per heavy atom. The van der Waals surface area contributed by atoms with Gasteiger partial charge in [-0.25, -0.2) is 4.68 Å². The number of nitrogens with zero attached hydrogens (tertiary/aromatic N) is 6. The Bertz CT molecular complexity index is 628. The lowest BCUT2D eigenvalue weighted by molar-refractivity contribution is 0.483. The van der Waals surface area contributed by atoms with Crippen LogP contribution < -0.4 is 5.32 Å². The Kier molecular flexibility index (Phi) is 4.52. The van der Waals surface area contributed by atoms with Crippen LogP contribution in [-0.4, -0.2) is 29.8 Å². The Labute approximate surface area is 131 Å². The molecule has 0 spiro atoms. The van der Waals surface area contributed by atoms with E-state index in [1.807, 2.05) is 11.6 Å². The number of rotatable bonds is 5. The van der Waals surface area contributed by atoms with Crippen LogP contribution in [0.25, 0.3) is 0 Å². The van der Waals surface area contributed by atoms with Gasteiger partial charge in [-0.1, -0.05) is 11.6 Å². The van der Waals surface area contributed by atoms with Crippen molar-refractivity contribution in [2.45, 2.75) is 72.1 Å². The van der Waals surface area contributed by atoms with Gasteiger partial charge in [0.15, 0.2) is 0 Å². The summed E-state index contributed by atoms with van der Waals surface area (Å²) in [5, 5.41) is 20.6. The highest BCUT2D eigenvalue weighted by molar-refractivity contribution is 5.09. The van der Waals surface area contributed by atoms with Gasteiger partial charge in [0, 0.05) is 26.1 Å². The Hall–Kier alpha value is -1.76. The molecule has 2 aromatic rings. The van der Waals surface area contributed by atoms with Crippen molar-refractivity contribution in [2.75, 3.05) is 0 Å². The second kappa shape index (κ2) is 6.56. The van der Waals surface area contributed by atoms with Gasteiger partial charge < -0.3 is 9.88 Å². The smallest absolute Gasteiger partial charge is 0.149 e. The van der Waals surface area contributed by atoms with E-state index in [9.17, 15) is 0 Å². The van der Waals surface area contributed by atoms with Gasteiger partial charge in [0.25, 0.3) is 0 Å². The van der Waals surface area contributed by atoms with Crippen LogP contribution in [0, 0.1) is 6.92 Å². The SMILES string of the molecule is CCn1nnc(C)c1CN[C@H](C)c1nnc2n1CCCCC2. The normalized spacial score (nSPS) is 16.3. The van der Waals surface area contributed by atoms with Crippen LogP contribution in [0.1, 0.15) is 62.2 Å². The average Bonchev–Trinajstić information content (AvgIpc) is 3.00. The summed E-state index contributed by atoms with van der Waals surface area (Å²) >= 11 is 0. The lowest BCUT2D eigenvalue weighted by Crippen LogP contribution is -2.24. The molecule has 0 fully saturated rings. The first-order chi connectivity index (χ1) is 10.7. The first kappa shape index (κ1) is 15.1. The molecule has 22 heavy (non-hydrogen) atoms. The molecule has 0 aromatic carbocycles. The molecule has 1 aliphatic heterocycles. The van der Waals surface area contributed by atoms with E-state index in [4.69, 9.17) is 0 Å². The molecule has 120 valence electrons. The van der Waals surface area contributed by atoms with Gasteiger partial charge in [0.1, 0.15) is 11.6 Å². The van der Waals surface area contributed by atoms with Crippen LogP contribution in [0.5, 0.6) is 0 Å². The molecule has 1 atom stereocenters. The van der Waals surface area contributed by atoms with Crippen molar-refractivity contribution in [3.63, 3.8) is 0 Å². The molecular weight excluding hydrogens is 278 g/mol. The van der Waals surface area contributed by atoms with E-state index < -0.39 is 0 Å². The lowest BCUT2D eigenvalue weighted by Gasteiger charge is -2.15. The molecule has 1 N–H and O–H groups in total. The maximum absolute atomic E-state index is 4.42. The lowest BCUT2D eigenvalue weighted by atomic mass is 10.2. The molecule has 1 aliphatic rings. The first-order valence-corrected chi connectivity index (χ1v) is 8.25. The van der Waals surface area contributed by atoms with Crippen LogP contribution in [0.3, 0.4) is 0 Å². The largest absolute Gasteiger partial charge is 0.314 e. The standard InChI is InChI=1S/C15H25N7/c1-4-22-13(11(2)17-20-22)10-16-12(3)15-19-18-14-8-6-5-7-9-21(14)15/h12,16H,4-10H2,1-3H3/t12-/m1/s1. The summed E-state index contributed by atoms with van der Waals surface area (Å²) in [6.07, 6.45) is 4.77. The Morgan fingerprint density at radius 3 is 2.86 bits per heavy atom. The second-order valence-electron chi connectivity index (χ2n) is 5.98. The minimum Gasteiger partial charge on any atom is -0.314 e. The predicted molar refractivity (Wildman–Crippen MR) is 83.3 cm³/mol. The monoisotopic (exact) mass is 303 g/mol. The molecule has 0 aliphatic carbocycles. The summed E-state index contributed by atoms with van der Waals surface area (Å²) in [5.74, 6) is 2.18. The zero-order chi connectivity index (χ0) is 15.5. The average molecular weight is 303 g/mol. The van der Waals surface area contributed by atoms with Crippen molar-refractivity contribution in [1.29, 1.82) is 0 Å². The maximum atomic E-state index is 4.42. The number of hydrogen-bond donors (Lipinski definition) is 1. The van der Waals surface area contributed by atoms with E-state index >= 15 is 0 Å². The van der Waals surface area contributed by atoms with Gasteiger partial charge >= 0.3 is 0 Å². The quantitative estimate of drug-likeness (QED) is 0.911. The Morgan fingerprint density at radius 1 is 1.18 bits per heavy atom. The minimum absolute atomic E-state index is 0.166. The van der Waals surface area contributed by atoms with E-state index in [0.29, 0.717) is 0 Å². The number of aryl methyl sites for hydroxylation is 3. The molecule has 7 heteroatoms. The van der Waals surface area contributed by atoms with Gasteiger partial charge in [-0.05, 0) is 33.6 Å². The third-order valence-corrected chi connectivity index (χ3v) is 4.43. The molecule has 2 aromatic heterocycles. The van der Waals surface area contributed by atoms with Crippen LogP contribution in [0.2, 0.25) is 0 Å². The van der Waals surface area contributed by atoms with Crippen molar-refractivity contribution in [1.82, 2.24) is 35.1 Å². The summed E-state index contributed by atoms with van der Waals surface area (Å²) in [5.41, 5.74) is 2.13. The maximum Gasteiger partial charge on any atom is 0.149 e. The zero-order valence-corrected chi connectivity index (χ0v) is 13.7. The second-order valence-corrected chi connectivity index (χ2v) is 5.98. The molecule has 0 amide bonds. The van der Waals surface area contributed by atoms with E-state index in [2.05, 4.69) is 44.2 Å². The summed E-state index contributed by atoms with van der Waals surface area (Å²) in [7, 11) is 0. The van der Waals surface area contributed by atoms with Crippen LogP contribution in [0.15, 0.2) is 0 Å². The molecule has 0 saturated heterocycles. The molecular formula is C15H25N7. The van der Waals surface area contributed by atoms with Crippen LogP contribution in [0.4, 0.5) is 0 Å². The highest BCUT2D eigenvalue weighted by atomic mass is 15.4. The Balaban J connectivity index is 1.71. The van der Waals surface area contributed by atoms with Crippen molar-refractivity contribution in [2.24, 2.45) is 0 Å². The summed E-state index contributed by atoms with van der Waals surface area (Å²) in [6, 6.07) is 0.166. The van der Waals surface area contributed by atoms with Gasteiger partial charge in [-0.2, -0.15) is 0 Å². The highest BCUT2D eigenvalue weighted by Gasteiger charge is 2.19. The van der Waals surface area contributed by atoms with Gasteiger partial charge in [-0.3, -0.25) is 0 Å². The van der Waals surface area contributed by atoms with Gasteiger partial charge in [0.2, 0.25) is 0 Å². The first-order valence-electron chi connectivity index (χ1n) is 8.25. The van der Waals surface area contributed by atoms with Crippen molar-refractivity contribution in [3.8, 4) is 0 Å². The number of fused-ring (bicyclic) bond motifs is 1. The molecule has 0 bridgehead atoms. The fourth-order valence-corrected chi connectivity index (χ4v) is 3.06.